The summed E-state index contributed by atoms with van der Waals surface area (Å²) in [7, 11) is 0. The van der Waals surface area contributed by atoms with Gasteiger partial charge in [0, 0.05) is 26.4 Å². The van der Waals surface area contributed by atoms with Gasteiger partial charge >= 0.3 is 0 Å². The first-order valence-electron chi connectivity index (χ1n) is 7.88. The molecule has 0 bridgehead atoms. The topological polar surface area (TPSA) is 107 Å². The minimum atomic E-state index is -0.431. The molecule has 2 N–H and O–H groups in total. The lowest BCUT2D eigenvalue weighted by Gasteiger charge is -2.07. The van der Waals surface area contributed by atoms with Gasteiger partial charge in [0.25, 0.3) is 5.91 Å². The Kier molecular flexibility index (Phi) is 9.06. The number of nitrogens with zero attached hydrogens (tertiary/aromatic N) is 2. The molecular weight excluding hydrogens is 312 g/mol. The van der Waals surface area contributed by atoms with Crippen molar-refractivity contribution in [1.29, 1.82) is 0 Å². The predicted octanol–water partition coefficient (Wildman–Crippen LogP) is 0.242. The van der Waals surface area contributed by atoms with E-state index in [0.717, 1.165) is 12.6 Å². The standard InChI is InChI=1S/C16H24N4O4/c1-3-4-5-6-15(21)17-7-9-24-10-8-18-16(22)14-12-20(23)13(2)11-19-14/h4-5,11-12H,3,6-10H2,1-2H3,(H,17,21)(H,18,22)/b5-4-. The second kappa shape index (κ2) is 11.1. The number of allylic oxidation sites excluding steroid dienone is 1. The van der Waals surface area contributed by atoms with Crippen LogP contribution >= 0.6 is 0 Å². The quantitative estimate of drug-likeness (QED) is 0.275. The van der Waals surface area contributed by atoms with Gasteiger partial charge in [0.05, 0.1) is 19.4 Å². The Balaban J connectivity index is 2.09. The van der Waals surface area contributed by atoms with E-state index in [4.69, 9.17) is 4.74 Å². The molecule has 0 saturated carbocycles. The summed E-state index contributed by atoms with van der Waals surface area (Å²) in [5, 5.41) is 16.7. The largest absolute Gasteiger partial charge is 0.618 e. The van der Waals surface area contributed by atoms with Crippen LogP contribution in [-0.4, -0.2) is 43.1 Å². The fraction of sp³-hybridized carbons (Fsp3) is 0.500. The van der Waals surface area contributed by atoms with E-state index in [1.807, 2.05) is 19.1 Å². The van der Waals surface area contributed by atoms with E-state index in [-0.39, 0.29) is 11.6 Å². The van der Waals surface area contributed by atoms with Gasteiger partial charge in [-0.25, -0.2) is 4.98 Å². The van der Waals surface area contributed by atoms with Crippen LogP contribution in [-0.2, 0) is 9.53 Å². The molecule has 1 heterocycles. The number of aromatic nitrogens is 2. The van der Waals surface area contributed by atoms with E-state index >= 15 is 0 Å². The Hall–Kier alpha value is -2.48. The molecule has 0 aliphatic heterocycles. The zero-order valence-corrected chi connectivity index (χ0v) is 14.1. The summed E-state index contributed by atoms with van der Waals surface area (Å²) in [6.45, 7) is 4.99. The number of carbonyl (C=O) groups is 2. The van der Waals surface area contributed by atoms with Gasteiger partial charge in [-0.3, -0.25) is 9.59 Å². The lowest BCUT2D eigenvalue weighted by atomic mass is 10.3. The van der Waals surface area contributed by atoms with Gasteiger partial charge in [-0.2, -0.15) is 4.73 Å². The number of ether oxygens (including phenoxy) is 1. The summed E-state index contributed by atoms with van der Waals surface area (Å²) in [5.74, 6) is -0.479. The molecule has 24 heavy (non-hydrogen) atoms. The van der Waals surface area contributed by atoms with Crippen LogP contribution in [0.2, 0.25) is 0 Å². The van der Waals surface area contributed by atoms with Crippen LogP contribution in [0.5, 0.6) is 0 Å². The number of aryl methyl sites for hydroxylation is 1. The molecule has 0 aromatic carbocycles. The molecule has 1 aromatic heterocycles. The summed E-state index contributed by atoms with van der Waals surface area (Å²) in [5.41, 5.74) is 0.477. The molecule has 1 aromatic rings. The molecule has 0 spiro atoms. The van der Waals surface area contributed by atoms with Crippen molar-refractivity contribution in [2.75, 3.05) is 26.3 Å². The maximum absolute atomic E-state index is 11.8. The molecule has 1 rings (SSSR count). The van der Waals surface area contributed by atoms with E-state index in [2.05, 4.69) is 15.6 Å². The van der Waals surface area contributed by atoms with Crippen molar-refractivity contribution in [2.45, 2.75) is 26.7 Å². The van der Waals surface area contributed by atoms with Crippen LogP contribution < -0.4 is 15.4 Å². The first-order valence-corrected chi connectivity index (χ1v) is 7.88. The van der Waals surface area contributed by atoms with E-state index < -0.39 is 5.91 Å². The van der Waals surface area contributed by atoms with Crippen molar-refractivity contribution in [1.82, 2.24) is 15.6 Å². The smallest absolute Gasteiger partial charge is 0.276 e. The Labute approximate surface area is 141 Å². The van der Waals surface area contributed by atoms with Gasteiger partial charge in [-0.15, -0.1) is 0 Å². The first kappa shape index (κ1) is 19.6. The second-order valence-corrected chi connectivity index (χ2v) is 5.04. The Morgan fingerprint density at radius 2 is 2.00 bits per heavy atom. The van der Waals surface area contributed by atoms with Crippen LogP contribution in [0.25, 0.3) is 0 Å². The van der Waals surface area contributed by atoms with E-state index in [1.165, 1.54) is 6.20 Å². The maximum atomic E-state index is 11.8. The molecule has 0 radical (unpaired) electrons. The highest BCUT2D eigenvalue weighted by molar-refractivity contribution is 5.91. The number of amides is 2. The van der Waals surface area contributed by atoms with Crippen LogP contribution in [0, 0.1) is 12.1 Å². The molecule has 0 saturated heterocycles. The van der Waals surface area contributed by atoms with Crippen LogP contribution in [0.15, 0.2) is 24.5 Å². The van der Waals surface area contributed by atoms with Crippen LogP contribution in [0.3, 0.4) is 0 Å². The average Bonchev–Trinajstić information content (AvgIpc) is 2.56. The molecule has 8 heteroatoms. The number of carbonyl (C=O) groups excluding carboxylic acids is 2. The van der Waals surface area contributed by atoms with Crippen molar-refractivity contribution < 1.29 is 19.1 Å². The van der Waals surface area contributed by atoms with E-state index in [9.17, 15) is 14.8 Å². The van der Waals surface area contributed by atoms with Crippen LogP contribution in [0.1, 0.15) is 35.9 Å². The number of hydrogen-bond acceptors (Lipinski definition) is 5. The van der Waals surface area contributed by atoms with Crippen molar-refractivity contribution in [3.63, 3.8) is 0 Å². The van der Waals surface area contributed by atoms with Crippen molar-refractivity contribution in [3.8, 4) is 0 Å². The number of nitrogens with one attached hydrogen (secondary N) is 2. The fourth-order valence-electron chi connectivity index (χ4n) is 1.70. The monoisotopic (exact) mass is 336 g/mol. The molecule has 0 aliphatic carbocycles. The Bertz CT molecular complexity index is 575. The van der Waals surface area contributed by atoms with Gasteiger partial charge < -0.3 is 20.6 Å². The van der Waals surface area contributed by atoms with Crippen molar-refractivity contribution in [3.05, 3.63) is 41.1 Å². The highest BCUT2D eigenvalue weighted by atomic mass is 16.5. The minimum Gasteiger partial charge on any atom is -0.618 e. The van der Waals surface area contributed by atoms with E-state index in [0.29, 0.717) is 43.1 Å². The van der Waals surface area contributed by atoms with Gasteiger partial charge in [-0.05, 0) is 6.42 Å². The summed E-state index contributed by atoms with van der Waals surface area (Å²) in [6, 6.07) is 0. The molecule has 0 aliphatic rings. The fourth-order valence-corrected chi connectivity index (χ4v) is 1.70. The Morgan fingerprint density at radius 1 is 1.29 bits per heavy atom. The third-order valence-electron chi connectivity index (χ3n) is 3.02. The summed E-state index contributed by atoms with van der Waals surface area (Å²) in [4.78, 5) is 27.1. The number of hydrogen-bond donors (Lipinski definition) is 2. The van der Waals surface area contributed by atoms with Gasteiger partial charge in [-0.1, -0.05) is 19.1 Å². The zero-order chi connectivity index (χ0) is 17.8. The van der Waals surface area contributed by atoms with Crippen molar-refractivity contribution >= 4 is 11.8 Å². The van der Waals surface area contributed by atoms with Gasteiger partial charge in [0.15, 0.2) is 5.69 Å². The van der Waals surface area contributed by atoms with Gasteiger partial charge in [0.1, 0.15) is 0 Å². The highest BCUT2D eigenvalue weighted by Gasteiger charge is 2.11. The SMILES string of the molecule is CC/C=C\CC(=O)NCCOCCNC(=O)c1c[n+]([O-])c(C)cn1. The third kappa shape index (κ3) is 7.68. The maximum Gasteiger partial charge on any atom is 0.276 e. The van der Waals surface area contributed by atoms with Crippen LogP contribution in [0.4, 0.5) is 0 Å². The molecule has 8 nitrogen and oxygen atoms in total. The van der Waals surface area contributed by atoms with Crippen molar-refractivity contribution in [2.24, 2.45) is 0 Å². The zero-order valence-electron chi connectivity index (χ0n) is 14.1. The van der Waals surface area contributed by atoms with Gasteiger partial charge in [0.2, 0.25) is 17.8 Å². The summed E-state index contributed by atoms with van der Waals surface area (Å²) < 4.78 is 5.90. The normalized spacial score (nSPS) is 10.8. The molecular formula is C16H24N4O4. The first-order chi connectivity index (χ1) is 11.5. The Morgan fingerprint density at radius 3 is 2.67 bits per heavy atom. The molecule has 2 amide bonds. The third-order valence-corrected chi connectivity index (χ3v) is 3.02. The average molecular weight is 336 g/mol. The molecule has 132 valence electrons. The highest BCUT2D eigenvalue weighted by Crippen LogP contribution is 1.92. The van der Waals surface area contributed by atoms with E-state index in [1.54, 1.807) is 6.92 Å². The number of rotatable bonds is 10. The minimum absolute atomic E-state index is 0.0482. The second-order valence-electron chi connectivity index (χ2n) is 5.04. The summed E-state index contributed by atoms with van der Waals surface area (Å²) in [6.07, 6.45) is 7.53. The molecule has 0 fully saturated rings. The molecule has 0 atom stereocenters. The summed E-state index contributed by atoms with van der Waals surface area (Å²) >= 11 is 0. The lowest BCUT2D eigenvalue weighted by molar-refractivity contribution is -0.613. The predicted molar refractivity (Wildman–Crippen MR) is 88.1 cm³/mol. The lowest BCUT2D eigenvalue weighted by Crippen LogP contribution is -2.35. The molecule has 0 unspecified atom stereocenters.